The summed E-state index contributed by atoms with van der Waals surface area (Å²) in [5.41, 5.74) is 4.08. The maximum absolute atomic E-state index is 13.4. The highest BCUT2D eigenvalue weighted by atomic mass is 19.1. The van der Waals surface area contributed by atoms with Gasteiger partial charge in [-0.15, -0.1) is 0 Å². The number of aryl methyl sites for hydroxylation is 2. The van der Waals surface area contributed by atoms with Gasteiger partial charge < -0.3 is 5.32 Å². The largest absolute Gasteiger partial charge is 0.322 e. The molecule has 0 spiro atoms. The van der Waals surface area contributed by atoms with Gasteiger partial charge in [0.05, 0.1) is 22.2 Å². The molecule has 6 heteroatoms. The molecule has 2 aromatic heterocycles. The van der Waals surface area contributed by atoms with Gasteiger partial charge in [-0.2, -0.15) is 5.10 Å². The number of hydrogen-bond donors (Lipinski definition) is 1. The van der Waals surface area contributed by atoms with Crippen LogP contribution in [0.5, 0.6) is 0 Å². The molecule has 28 heavy (non-hydrogen) atoms. The number of anilines is 1. The molecule has 146 valence electrons. The normalized spacial score (nSPS) is 14.5. The van der Waals surface area contributed by atoms with Crippen molar-refractivity contribution in [3.63, 3.8) is 0 Å². The number of amides is 1. The van der Waals surface area contributed by atoms with Crippen molar-refractivity contribution in [2.75, 3.05) is 5.32 Å². The van der Waals surface area contributed by atoms with E-state index in [0.29, 0.717) is 22.7 Å². The first kappa shape index (κ1) is 18.6. The molecule has 1 aliphatic carbocycles. The zero-order valence-corrected chi connectivity index (χ0v) is 16.9. The molecule has 1 aromatic carbocycles. The van der Waals surface area contributed by atoms with Crippen LogP contribution in [0.1, 0.15) is 66.8 Å². The summed E-state index contributed by atoms with van der Waals surface area (Å²) in [4.78, 5) is 18.1. The first-order chi connectivity index (χ1) is 13.1. The molecule has 2 heterocycles. The van der Waals surface area contributed by atoms with Crippen LogP contribution in [0.4, 0.5) is 10.1 Å². The van der Waals surface area contributed by atoms with Gasteiger partial charge in [0.15, 0.2) is 5.65 Å². The van der Waals surface area contributed by atoms with Gasteiger partial charge in [0.1, 0.15) is 5.82 Å². The van der Waals surface area contributed by atoms with Crippen LogP contribution in [-0.2, 0) is 5.54 Å². The zero-order chi connectivity index (χ0) is 20.2. The number of carbonyl (C=O) groups excluding carboxylic acids is 1. The molecule has 4 rings (SSSR count). The van der Waals surface area contributed by atoms with Gasteiger partial charge in [0.25, 0.3) is 5.91 Å². The van der Waals surface area contributed by atoms with Gasteiger partial charge >= 0.3 is 0 Å². The SMILES string of the molecule is Cc1cc(F)ccc1NC(=O)c1cc(C2CC2)nc2c1c(C)nn2C(C)(C)C. The molecular weight excluding hydrogens is 355 g/mol. The minimum atomic E-state index is -0.319. The predicted molar refractivity (Wildman–Crippen MR) is 108 cm³/mol. The van der Waals surface area contributed by atoms with Crippen LogP contribution in [-0.4, -0.2) is 20.7 Å². The fourth-order valence-corrected chi connectivity index (χ4v) is 3.50. The highest BCUT2D eigenvalue weighted by molar-refractivity contribution is 6.13. The molecule has 0 saturated heterocycles. The number of nitrogens with one attached hydrogen (secondary N) is 1. The van der Waals surface area contributed by atoms with Crippen molar-refractivity contribution >= 4 is 22.6 Å². The topological polar surface area (TPSA) is 59.8 Å². The van der Waals surface area contributed by atoms with Gasteiger partial charge in [-0.1, -0.05) is 0 Å². The molecule has 0 bridgehead atoms. The summed E-state index contributed by atoms with van der Waals surface area (Å²) in [7, 11) is 0. The fraction of sp³-hybridized carbons (Fsp3) is 0.409. The zero-order valence-electron chi connectivity index (χ0n) is 16.9. The van der Waals surface area contributed by atoms with E-state index < -0.39 is 0 Å². The molecule has 1 saturated carbocycles. The smallest absolute Gasteiger partial charge is 0.256 e. The minimum Gasteiger partial charge on any atom is -0.322 e. The summed E-state index contributed by atoms with van der Waals surface area (Å²) >= 11 is 0. The number of halogens is 1. The summed E-state index contributed by atoms with van der Waals surface area (Å²) in [6.07, 6.45) is 2.19. The van der Waals surface area contributed by atoms with Gasteiger partial charge in [-0.25, -0.2) is 14.1 Å². The van der Waals surface area contributed by atoms with Crippen molar-refractivity contribution in [3.8, 4) is 0 Å². The highest BCUT2D eigenvalue weighted by Crippen LogP contribution is 2.41. The van der Waals surface area contributed by atoms with E-state index in [2.05, 4.69) is 31.2 Å². The van der Waals surface area contributed by atoms with E-state index in [-0.39, 0.29) is 17.3 Å². The lowest BCUT2D eigenvalue weighted by atomic mass is 10.1. The summed E-state index contributed by atoms with van der Waals surface area (Å²) in [5, 5.41) is 8.40. The molecule has 1 aliphatic rings. The molecule has 1 amide bonds. The maximum Gasteiger partial charge on any atom is 0.256 e. The predicted octanol–water partition coefficient (Wildman–Crippen LogP) is 5.07. The lowest BCUT2D eigenvalue weighted by molar-refractivity contribution is 0.102. The maximum atomic E-state index is 13.4. The van der Waals surface area contributed by atoms with Crippen LogP contribution in [0.15, 0.2) is 24.3 Å². The fourth-order valence-electron chi connectivity index (χ4n) is 3.50. The lowest BCUT2D eigenvalue weighted by Gasteiger charge is -2.20. The first-order valence-corrected chi connectivity index (χ1v) is 9.63. The number of aromatic nitrogens is 3. The van der Waals surface area contributed by atoms with Crippen LogP contribution in [0.25, 0.3) is 11.0 Å². The second kappa shape index (κ2) is 6.40. The van der Waals surface area contributed by atoms with Gasteiger partial charge in [0.2, 0.25) is 0 Å². The van der Waals surface area contributed by atoms with Crippen molar-refractivity contribution in [2.45, 2.75) is 58.9 Å². The Balaban J connectivity index is 1.85. The van der Waals surface area contributed by atoms with E-state index in [1.165, 1.54) is 12.1 Å². The third kappa shape index (κ3) is 3.28. The van der Waals surface area contributed by atoms with Crippen LogP contribution in [0.2, 0.25) is 0 Å². The Kier molecular flexibility index (Phi) is 4.25. The third-order valence-electron chi connectivity index (χ3n) is 5.14. The molecule has 0 radical (unpaired) electrons. The van der Waals surface area contributed by atoms with Crippen molar-refractivity contribution in [2.24, 2.45) is 0 Å². The number of pyridine rings is 1. The molecule has 1 fully saturated rings. The second-order valence-electron chi connectivity index (χ2n) is 8.65. The van der Waals surface area contributed by atoms with E-state index in [0.717, 1.165) is 35.3 Å². The molecular formula is C22H25FN4O. The van der Waals surface area contributed by atoms with E-state index in [1.807, 2.05) is 17.7 Å². The Hall–Kier alpha value is -2.76. The van der Waals surface area contributed by atoms with Crippen LogP contribution < -0.4 is 5.32 Å². The molecule has 3 aromatic rings. The standard InChI is InChI=1S/C22H25FN4O/c1-12-10-15(23)8-9-17(12)25-21(28)16-11-18(14-6-7-14)24-20-19(16)13(2)26-27(20)22(3,4)5/h8-11,14H,6-7H2,1-5H3,(H,25,28). The van der Waals surface area contributed by atoms with E-state index >= 15 is 0 Å². The Morgan fingerprint density at radius 2 is 1.93 bits per heavy atom. The summed E-state index contributed by atoms with van der Waals surface area (Å²) < 4.78 is 15.3. The number of benzene rings is 1. The number of hydrogen-bond acceptors (Lipinski definition) is 3. The van der Waals surface area contributed by atoms with E-state index in [1.54, 1.807) is 13.0 Å². The Labute approximate surface area is 164 Å². The lowest BCUT2D eigenvalue weighted by Crippen LogP contribution is -2.23. The third-order valence-corrected chi connectivity index (χ3v) is 5.14. The molecule has 0 aliphatic heterocycles. The number of rotatable bonds is 3. The number of fused-ring (bicyclic) bond motifs is 1. The quantitative estimate of drug-likeness (QED) is 0.690. The van der Waals surface area contributed by atoms with Crippen LogP contribution >= 0.6 is 0 Å². The van der Waals surface area contributed by atoms with E-state index in [4.69, 9.17) is 4.98 Å². The highest BCUT2D eigenvalue weighted by Gasteiger charge is 2.30. The Bertz CT molecular complexity index is 1090. The van der Waals surface area contributed by atoms with Crippen molar-refractivity contribution < 1.29 is 9.18 Å². The van der Waals surface area contributed by atoms with Gasteiger partial charge in [0, 0.05) is 17.3 Å². The summed E-state index contributed by atoms with van der Waals surface area (Å²) in [6, 6.07) is 6.25. The van der Waals surface area contributed by atoms with Crippen LogP contribution in [0.3, 0.4) is 0 Å². The average molecular weight is 380 g/mol. The van der Waals surface area contributed by atoms with Crippen molar-refractivity contribution in [3.05, 3.63) is 52.6 Å². The minimum absolute atomic E-state index is 0.222. The van der Waals surface area contributed by atoms with Gasteiger partial charge in [-0.05, 0) is 77.3 Å². The van der Waals surface area contributed by atoms with Gasteiger partial charge in [-0.3, -0.25) is 4.79 Å². The molecule has 5 nitrogen and oxygen atoms in total. The first-order valence-electron chi connectivity index (χ1n) is 9.63. The molecule has 1 N–H and O–H groups in total. The second-order valence-corrected chi connectivity index (χ2v) is 8.65. The Morgan fingerprint density at radius 1 is 1.21 bits per heavy atom. The van der Waals surface area contributed by atoms with Crippen LogP contribution in [0, 0.1) is 19.7 Å². The van der Waals surface area contributed by atoms with Crippen molar-refractivity contribution in [1.29, 1.82) is 0 Å². The summed E-state index contributed by atoms with van der Waals surface area (Å²) in [5.74, 6) is -0.132. The molecule has 0 atom stereocenters. The Morgan fingerprint density at radius 3 is 2.54 bits per heavy atom. The van der Waals surface area contributed by atoms with E-state index in [9.17, 15) is 9.18 Å². The van der Waals surface area contributed by atoms with Crippen molar-refractivity contribution in [1.82, 2.24) is 14.8 Å². The molecule has 0 unspecified atom stereocenters. The average Bonchev–Trinajstić information content (AvgIpc) is 3.40. The summed E-state index contributed by atoms with van der Waals surface area (Å²) in [6.45, 7) is 9.91. The monoisotopic (exact) mass is 380 g/mol. The number of nitrogens with zero attached hydrogens (tertiary/aromatic N) is 3. The number of carbonyl (C=O) groups is 1.